The van der Waals surface area contributed by atoms with Crippen LogP contribution in [-0.4, -0.2) is 33.1 Å². The Kier molecular flexibility index (Phi) is 6.38. The monoisotopic (exact) mass is 365 g/mol. The summed E-state index contributed by atoms with van der Waals surface area (Å²) in [7, 11) is 4.11. The SMILES string of the molecule is CCCCC(=O)NC[C@H](c1ccc(N(C)C)cc1)N1CCc2ccccc21. The van der Waals surface area contributed by atoms with Crippen LogP contribution in [0.3, 0.4) is 0 Å². The molecule has 2 aromatic carbocycles. The number of amides is 1. The summed E-state index contributed by atoms with van der Waals surface area (Å²) in [5.41, 5.74) is 5.12. The largest absolute Gasteiger partial charge is 0.378 e. The normalized spacial score (nSPS) is 14.0. The number of unbranched alkanes of at least 4 members (excludes halogenated alkanes) is 1. The molecule has 0 saturated carbocycles. The lowest BCUT2D eigenvalue weighted by molar-refractivity contribution is -0.121. The first kappa shape index (κ1) is 19.3. The minimum absolute atomic E-state index is 0.149. The Morgan fingerprint density at radius 3 is 2.59 bits per heavy atom. The summed E-state index contributed by atoms with van der Waals surface area (Å²) in [5, 5.41) is 3.17. The molecule has 1 amide bonds. The van der Waals surface area contributed by atoms with Crippen LogP contribution in [0.15, 0.2) is 48.5 Å². The summed E-state index contributed by atoms with van der Waals surface area (Å²) in [6.07, 6.45) is 3.66. The second kappa shape index (κ2) is 8.94. The fourth-order valence-electron chi connectivity index (χ4n) is 3.73. The molecule has 144 valence electrons. The molecule has 0 spiro atoms. The highest BCUT2D eigenvalue weighted by Gasteiger charge is 2.27. The van der Waals surface area contributed by atoms with E-state index in [0.717, 1.165) is 25.8 Å². The first-order chi connectivity index (χ1) is 13.1. The molecule has 4 nitrogen and oxygen atoms in total. The van der Waals surface area contributed by atoms with Crippen LogP contribution in [0.5, 0.6) is 0 Å². The first-order valence-corrected chi connectivity index (χ1v) is 9.98. The van der Waals surface area contributed by atoms with Crippen LogP contribution >= 0.6 is 0 Å². The van der Waals surface area contributed by atoms with Gasteiger partial charge in [0.25, 0.3) is 0 Å². The van der Waals surface area contributed by atoms with Crippen molar-refractivity contribution in [2.45, 2.75) is 38.6 Å². The van der Waals surface area contributed by atoms with Gasteiger partial charge in [0.05, 0.1) is 6.04 Å². The third-order valence-corrected chi connectivity index (χ3v) is 5.34. The summed E-state index contributed by atoms with van der Waals surface area (Å²) >= 11 is 0. The van der Waals surface area contributed by atoms with Gasteiger partial charge in [-0.05, 0) is 42.2 Å². The van der Waals surface area contributed by atoms with Crippen LogP contribution in [0.25, 0.3) is 0 Å². The van der Waals surface area contributed by atoms with Crippen molar-refractivity contribution in [2.75, 3.05) is 37.0 Å². The lowest BCUT2D eigenvalue weighted by Gasteiger charge is -2.31. The Bertz CT molecular complexity index is 754. The smallest absolute Gasteiger partial charge is 0.220 e. The maximum atomic E-state index is 12.2. The summed E-state index contributed by atoms with van der Waals surface area (Å²) in [4.78, 5) is 16.8. The number of para-hydroxylation sites is 1. The standard InChI is InChI=1S/C23H31N3O/c1-4-5-10-23(27)24-17-22(19-11-13-20(14-12-19)25(2)3)26-16-15-18-8-6-7-9-21(18)26/h6-9,11-14,22H,4-5,10,15-17H2,1-3H3,(H,24,27)/t22-/m1/s1. The quantitative estimate of drug-likeness (QED) is 0.763. The highest BCUT2D eigenvalue weighted by molar-refractivity contribution is 5.76. The second-order valence-electron chi connectivity index (χ2n) is 7.48. The Morgan fingerprint density at radius 2 is 1.89 bits per heavy atom. The molecular formula is C23H31N3O. The second-order valence-corrected chi connectivity index (χ2v) is 7.48. The van der Waals surface area contributed by atoms with Crippen molar-refractivity contribution >= 4 is 17.3 Å². The molecule has 1 heterocycles. The van der Waals surface area contributed by atoms with Crippen molar-refractivity contribution in [1.29, 1.82) is 0 Å². The van der Waals surface area contributed by atoms with E-state index in [-0.39, 0.29) is 11.9 Å². The molecular weight excluding hydrogens is 334 g/mol. The average Bonchev–Trinajstić information content (AvgIpc) is 3.11. The number of carbonyl (C=O) groups excluding carboxylic acids is 1. The Morgan fingerprint density at radius 1 is 1.15 bits per heavy atom. The van der Waals surface area contributed by atoms with Crippen LogP contribution in [0.1, 0.15) is 43.4 Å². The van der Waals surface area contributed by atoms with Gasteiger partial charge >= 0.3 is 0 Å². The molecule has 0 unspecified atom stereocenters. The predicted molar refractivity (Wildman–Crippen MR) is 114 cm³/mol. The van der Waals surface area contributed by atoms with Crippen LogP contribution in [0.2, 0.25) is 0 Å². The van der Waals surface area contributed by atoms with Gasteiger partial charge < -0.3 is 15.1 Å². The fourth-order valence-corrected chi connectivity index (χ4v) is 3.73. The highest BCUT2D eigenvalue weighted by atomic mass is 16.1. The van der Waals surface area contributed by atoms with Crippen molar-refractivity contribution in [2.24, 2.45) is 0 Å². The van der Waals surface area contributed by atoms with Gasteiger partial charge in [0.2, 0.25) is 5.91 Å². The van der Waals surface area contributed by atoms with Crippen LogP contribution in [0.4, 0.5) is 11.4 Å². The van der Waals surface area contributed by atoms with Gasteiger partial charge in [-0.3, -0.25) is 4.79 Å². The summed E-state index contributed by atoms with van der Waals surface area (Å²) in [6, 6.07) is 17.5. The van der Waals surface area contributed by atoms with Gasteiger partial charge in [0.15, 0.2) is 0 Å². The molecule has 1 aliphatic heterocycles. The molecule has 0 radical (unpaired) electrons. The Balaban J connectivity index is 1.82. The highest BCUT2D eigenvalue weighted by Crippen LogP contribution is 2.35. The van der Waals surface area contributed by atoms with Gasteiger partial charge in [0, 0.05) is 45.0 Å². The molecule has 0 aliphatic carbocycles. The molecule has 4 heteroatoms. The molecule has 1 N–H and O–H groups in total. The molecule has 0 bridgehead atoms. The molecule has 3 rings (SSSR count). The Hall–Kier alpha value is -2.49. The van der Waals surface area contributed by atoms with Gasteiger partial charge in [-0.15, -0.1) is 0 Å². The van der Waals surface area contributed by atoms with E-state index in [2.05, 4.69) is 84.7 Å². The predicted octanol–water partition coefficient (Wildman–Crippen LogP) is 4.16. The minimum atomic E-state index is 0.149. The number of rotatable bonds is 8. The maximum Gasteiger partial charge on any atom is 0.220 e. The van der Waals surface area contributed by atoms with E-state index >= 15 is 0 Å². The van der Waals surface area contributed by atoms with Gasteiger partial charge in [-0.2, -0.15) is 0 Å². The van der Waals surface area contributed by atoms with Crippen molar-refractivity contribution in [1.82, 2.24) is 5.32 Å². The van der Waals surface area contributed by atoms with Crippen LogP contribution in [0, 0.1) is 0 Å². The van der Waals surface area contributed by atoms with E-state index in [1.165, 1.54) is 22.5 Å². The molecule has 0 aromatic heterocycles. The van der Waals surface area contributed by atoms with E-state index in [1.807, 2.05) is 0 Å². The number of carbonyl (C=O) groups is 1. The zero-order valence-electron chi connectivity index (χ0n) is 16.7. The average molecular weight is 366 g/mol. The lowest BCUT2D eigenvalue weighted by Crippen LogP contribution is -2.37. The topological polar surface area (TPSA) is 35.6 Å². The van der Waals surface area contributed by atoms with E-state index in [4.69, 9.17) is 0 Å². The fraction of sp³-hybridized carbons (Fsp3) is 0.435. The number of benzene rings is 2. The number of anilines is 2. The van der Waals surface area contributed by atoms with E-state index in [0.29, 0.717) is 13.0 Å². The zero-order valence-corrected chi connectivity index (χ0v) is 16.7. The van der Waals surface area contributed by atoms with Crippen LogP contribution in [-0.2, 0) is 11.2 Å². The number of hydrogen-bond donors (Lipinski definition) is 1. The van der Waals surface area contributed by atoms with Crippen molar-refractivity contribution in [3.05, 3.63) is 59.7 Å². The Labute approximate surface area is 163 Å². The van der Waals surface area contributed by atoms with Crippen molar-refractivity contribution in [3.8, 4) is 0 Å². The van der Waals surface area contributed by atoms with Crippen molar-refractivity contribution < 1.29 is 4.79 Å². The van der Waals surface area contributed by atoms with Gasteiger partial charge in [0.1, 0.15) is 0 Å². The maximum absolute atomic E-state index is 12.2. The van der Waals surface area contributed by atoms with Gasteiger partial charge in [-0.1, -0.05) is 43.7 Å². The molecule has 27 heavy (non-hydrogen) atoms. The molecule has 2 aromatic rings. The molecule has 1 aliphatic rings. The lowest BCUT2D eigenvalue weighted by atomic mass is 10.0. The van der Waals surface area contributed by atoms with Gasteiger partial charge in [-0.25, -0.2) is 0 Å². The third kappa shape index (κ3) is 4.62. The minimum Gasteiger partial charge on any atom is -0.378 e. The number of fused-ring (bicyclic) bond motifs is 1. The number of nitrogens with one attached hydrogen (secondary N) is 1. The summed E-state index contributed by atoms with van der Waals surface area (Å²) < 4.78 is 0. The van der Waals surface area contributed by atoms with E-state index in [1.54, 1.807) is 0 Å². The third-order valence-electron chi connectivity index (χ3n) is 5.34. The first-order valence-electron chi connectivity index (χ1n) is 9.98. The zero-order chi connectivity index (χ0) is 19.2. The van der Waals surface area contributed by atoms with E-state index < -0.39 is 0 Å². The summed E-state index contributed by atoms with van der Waals surface area (Å²) in [5.74, 6) is 0.152. The molecule has 1 atom stereocenters. The number of hydrogen-bond acceptors (Lipinski definition) is 3. The molecule has 0 saturated heterocycles. The number of nitrogens with zero attached hydrogens (tertiary/aromatic N) is 2. The van der Waals surface area contributed by atoms with Crippen molar-refractivity contribution in [3.63, 3.8) is 0 Å². The van der Waals surface area contributed by atoms with Crippen LogP contribution < -0.4 is 15.1 Å². The molecule has 0 fully saturated rings. The summed E-state index contributed by atoms with van der Waals surface area (Å²) in [6.45, 7) is 3.74. The van der Waals surface area contributed by atoms with E-state index in [9.17, 15) is 4.79 Å².